The van der Waals surface area contributed by atoms with Crippen LogP contribution in [-0.2, 0) is 16.0 Å². The highest BCUT2D eigenvalue weighted by Gasteiger charge is 2.13. The molecule has 1 amide bonds. The van der Waals surface area contributed by atoms with Crippen LogP contribution in [0.1, 0.15) is 12.5 Å². The lowest BCUT2D eigenvalue weighted by molar-refractivity contribution is -0.114. The number of amides is 1. The lowest BCUT2D eigenvalue weighted by atomic mass is 10.1. The van der Waals surface area contributed by atoms with Gasteiger partial charge in [0.15, 0.2) is 5.57 Å². The van der Waals surface area contributed by atoms with Crippen molar-refractivity contribution in [3.8, 4) is 6.07 Å². The minimum absolute atomic E-state index is 0.115. The van der Waals surface area contributed by atoms with E-state index >= 15 is 0 Å². The maximum absolute atomic E-state index is 11.1. The van der Waals surface area contributed by atoms with Crippen LogP contribution in [0.25, 0.3) is 0 Å². The van der Waals surface area contributed by atoms with Gasteiger partial charge in [-0.05, 0) is 12.5 Å². The Labute approximate surface area is 100 Å². The van der Waals surface area contributed by atoms with Gasteiger partial charge in [0.05, 0.1) is 6.61 Å². The fraction of sp³-hybridized carbons (Fsp3) is 0.231. The predicted molar refractivity (Wildman–Crippen MR) is 63.6 cm³/mol. The monoisotopic (exact) mass is 230 g/mol. The van der Waals surface area contributed by atoms with Crippen LogP contribution in [0.3, 0.4) is 0 Å². The van der Waals surface area contributed by atoms with Crippen LogP contribution < -0.4 is 5.73 Å². The fourth-order valence-electron chi connectivity index (χ4n) is 1.42. The first-order valence-electron chi connectivity index (χ1n) is 5.28. The minimum Gasteiger partial charge on any atom is -0.496 e. The Balaban J connectivity index is 3.02. The van der Waals surface area contributed by atoms with Crippen molar-refractivity contribution in [2.24, 2.45) is 5.73 Å². The van der Waals surface area contributed by atoms with E-state index < -0.39 is 5.91 Å². The summed E-state index contributed by atoms with van der Waals surface area (Å²) in [5, 5.41) is 8.88. The number of benzene rings is 1. The van der Waals surface area contributed by atoms with Gasteiger partial charge in [0.25, 0.3) is 5.91 Å². The molecule has 17 heavy (non-hydrogen) atoms. The summed E-state index contributed by atoms with van der Waals surface area (Å²) in [5.41, 5.74) is 5.98. The summed E-state index contributed by atoms with van der Waals surface area (Å²) in [7, 11) is 0. The van der Waals surface area contributed by atoms with Gasteiger partial charge in [-0.2, -0.15) is 5.26 Å². The van der Waals surface area contributed by atoms with E-state index in [0.717, 1.165) is 5.56 Å². The lowest BCUT2D eigenvalue weighted by Gasteiger charge is -2.09. The molecule has 1 rings (SSSR count). The second-order valence-corrected chi connectivity index (χ2v) is 3.37. The normalized spacial score (nSPS) is 11.3. The van der Waals surface area contributed by atoms with E-state index in [1.807, 2.05) is 30.3 Å². The number of nitrogens with two attached hydrogens (primary N) is 1. The van der Waals surface area contributed by atoms with Crippen molar-refractivity contribution in [3.05, 3.63) is 47.2 Å². The number of ether oxygens (including phenoxy) is 1. The molecule has 0 saturated carbocycles. The average Bonchev–Trinajstić information content (AvgIpc) is 2.31. The van der Waals surface area contributed by atoms with E-state index in [0.29, 0.717) is 18.8 Å². The standard InChI is InChI=1S/C13H14N2O2/c1-2-17-12(11(9-14)13(15)16)8-10-6-4-3-5-7-10/h3-7H,2,8H2,1H3,(H2,15,16)/b12-11+. The highest BCUT2D eigenvalue weighted by atomic mass is 16.5. The van der Waals surface area contributed by atoms with E-state index in [1.165, 1.54) is 0 Å². The molecule has 0 radical (unpaired) electrons. The molecule has 1 aromatic carbocycles. The highest BCUT2D eigenvalue weighted by molar-refractivity contribution is 5.96. The second-order valence-electron chi connectivity index (χ2n) is 3.37. The first kappa shape index (κ1) is 12.8. The Morgan fingerprint density at radius 2 is 2.06 bits per heavy atom. The molecular weight excluding hydrogens is 216 g/mol. The van der Waals surface area contributed by atoms with Crippen molar-refractivity contribution < 1.29 is 9.53 Å². The number of primary amides is 1. The number of allylic oxidation sites excluding steroid dienone is 1. The maximum Gasteiger partial charge on any atom is 0.262 e. The van der Waals surface area contributed by atoms with Crippen LogP contribution in [0.4, 0.5) is 0 Å². The zero-order chi connectivity index (χ0) is 12.7. The SMILES string of the molecule is CCO/C(Cc1ccccc1)=C(\C#N)C(N)=O. The van der Waals surface area contributed by atoms with Crippen LogP contribution in [0, 0.1) is 11.3 Å². The number of nitrogens with zero attached hydrogens (tertiary/aromatic N) is 1. The molecule has 0 fully saturated rings. The van der Waals surface area contributed by atoms with Gasteiger partial charge in [0.2, 0.25) is 0 Å². The van der Waals surface area contributed by atoms with Gasteiger partial charge in [-0.15, -0.1) is 0 Å². The van der Waals surface area contributed by atoms with Gasteiger partial charge in [0.1, 0.15) is 11.8 Å². The van der Waals surface area contributed by atoms with Crippen molar-refractivity contribution >= 4 is 5.91 Å². The summed E-state index contributed by atoms with van der Waals surface area (Å²) < 4.78 is 5.32. The Kier molecular flexibility index (Phi) is 4.77. The second kappa shape index (κ2) is 6.33. The Hall–Kier alpha value is -2.28. The quantitative estimate of drug-likeness (QED) is 0.473. The molecule has 2 N–H and O–H groups in total. The van der Waals surface area contributed by atoms with Crippen molar-refractivity contribution in [1.29, 1.82) is 5.26 Å². The molecule has 0 aliphatic heterocycles. The van der Waals surface area contributed by atoms with Crippen LogP contribution in [-0.4, -0.2) is 12.5 Å². The third-order valence-electron chi connectivity index (χ3n) is 2.16. The zero-order valence-electron chi connectivity index (χ0n) is 9.64. The number of hydrogen-bond donors (Lipinski definition) is 1. The average molecular weight is 230 g/mol. The van der Waals surface area contributed by atoms with E-state index in [9.17, 15) is 4.79 Å². The Bertz CT molecular complexity index is 458. The van der Waals surface area contributed by atoms with Gasteiger partial charge >= 0.3 is 0 Å². The van der Waals surface area contributed by atoms with Crippen molar-refractivity contribution in [3.63, 3.8) is 0 Å². The van der Waals surface area contributed by atoms with Crippen LogP contribution >= 0.6 is 0 Å². The maximum atomic E-state index is 11.1. The highest BCUT2D eigenvalue weighted by Crippen LogP contribution is 2.13. The minimum atomic E-state index is -0.758. The van der Waals surface area contributed by atoms with Crippen molar-refractivity contribution in [2.75, 3.05) is 6.61 Å². The third-order valence-corrected chi connectivity index (χ3v) is 2.16. The smallest absolute Gasteiger partial charge is 0.262 e. The lowest BCUT2D eigenvalue weighted by Crippen LogP contribution is -2.16. The van der Waals surface area contributed by atoms with Gasteiger partial charge in [-0.3, -0.25) is 4.79 Å². The van der Waals surface area contributed by atoms with E-state index in [-0.39, 0.29) is 5.57 Å². The number of rotatable bonds is 5. The summed E-state index contributed by atoms with van der Waals surface area (Å²) >= 11 is 0. The molecule has 0 unspecified atom stereocenters. The molecule has 0 saturated heterocycles. The van der Waals surface area contributed by atoms with E-state index in [2.05, 4.69) is 0 Å². The molecule has 4 heteroatoms. The van der Waals surface area contributed by atoms with Gasteiger partial charge in [-0.25, -0.2) is 0 Å². The molecule has 0 spiro atoms. The summed E-state index contributed by atoms with van der Waals surface area (Å²) in [4.78, 5) is 11.1. The van der Waals surface area contributed by atoms with E-state index in [1.54, 1.807) is 13.0 Å². The molecule has 4 nitrogen and oxygen atoms in total. The fourth-order valence-corrected chi connectivity index (χ4v) is 1.42. The topological polar surface area (TPSA) is 76.1 Å². The summed E-state index contributed by atoms with van der Waals surface area (Å²) in [6, 6.07) is 11.2. The summed E-state index contributed by atoms with van der Waals surface area (Å²) in [6.45, 7) is 2.18. The first-order valence-corrected chi connectivity index (χ1v) is 5.28. The number of nitriles is 1. The Morgan fingerprint density at radius 3 is 2.53 bits per heavy atom. The first-order chi connectivity index (χ1) is 8.19. The number of hydrogen-bond acceptors (Lipinski definition) is 3. The largest absolute Gasteiger partial charge is 0.496 e. The number of carbonyl (C=O) groups is 1. The molecule has 0 atom stereocenters. The van der Waals surface area contributed by atoms with Crippen LogP contribution in [0.2, 0.25) is 0 Å². The summed E-state index contributed by atoms with van der Waals surface area (Å²) in [6.07, 6.45) is 0.389. The summed E-state index contributed by atoms with van der Waals surface area (Å²) in [5.74, 6) is -0.430. The van der Waals surface area contributed by atoms with Gasteiger partial charge in [0, 0.05) is 6.42 Å². The number of carbonyl (C=O) groups excluding carboxylic acids is 1. The molecule has 0 heterocycles. The molecular formula is C13H14N2O2. The van der Waals surface area contributed by atoms with Gasteiger partial charge in [-0.1, -0.05) is 30.3 Å². The molecule has 0 aliphatic rings. The van der Waals surface area contributed by atoms with Gasteiger partial charge < -0.3 is 10.5 Å². The third kappa shape index (κ3) is 3.65. The predicted octanol–water partition coefficient (Wildman–Crippen LogP) is 1.53. The van der Waals surface area contributed by atoms with Crippen molar-refractivity contribution in [2.45, 2.75) is 13.3 Å². The van der Waals surface area contributed by atoms with E-state index in [4.69, 9.17) is 15.7 Å². The van der Waals surface area contributed by atoms with Crippen LogP contribution in [0.5, 0.6) is 0 Å². The molecule has 0 aliphatic carbocycles. The molecule has 0 bridgehead atoms. The van der Waals surface area contributed by atoms with Crippen LogP contribution in [0.15, 0.2) is 41.7 Å². The van der Waals surface area contributed by atoms with Crippen molar-refractivity contribution in [1.82, 2.24) is 0 Å². The molecule has 1 aromatic rings. The molecule has 88 valence electrons. The Morgan fingerprint density at radius 1 is 1.41 bits per heavy atom. The zero-order valence-corrected chi connectivity index (χ0v) is 9.64. The molecule has 0 aromatic heterocycles.